The van der Waals surface area contributed by atoms with Gasteiger partial charge in [0.25, 0.3) is 11.8 Å². The van der Waals surface area contributed by atoms with E-state index in [9.17, 15) is 18.4 Å². The fourth-order valence-electron chi connectivity index (χ4n) is 4.24. The van der Waals surface area contributed by atoms with E-state index in [1.54, 1.807) is 22.9 Å². The fraction of sp³-hybridized carbons (Fsp3) is 0.333. The molecule has 1 amide bonds. The first-order valence-electron chi connectivity index (χ1n) is 11.7. The van der Waals surface area contributed by atoms with Crippen molar-refractivity contribution in [2.24, 2.45) is 0 Å². The summed E-state index contributed by atoms with van der Waals surface area (Å²) in [6.07, 6.45) is 4.95. The highest BCUT2D eigenvalue weighted by atomic mass is 32.1. The Hall–Kier alpha value is -3.80. The molecule has 2 fully saturated rings. The maximum atomic E-state index is 13.5. The minimum atomic E-state index is -2.70. The average Bonchev–Trinajstić information content (AvgIpc) is 3.22. The third kappa shape index (κ3) is 4.32. The predicted molar refractivity (Wildman–Crippen MR) is 133 cm³/mol. The topological polar surface area (TPSA) is 111 Å². The van der Waals surface area contributed by atoms with E-state index in [-0.39, 0.29) is 37.5 Å². The van der Waals surface area contributed by atoms with Crippen LogP contribution in [0.3, 0.4) is 0 Å². The zero-order chi connectivity index (χ0) is 25.0. The predicted octanol–water partition coefficient (Wildman–Crippen LogP) is 2.16. The Bertz CT molecular complexity index is 1640. The van der Waals surface area contributed by atoms with Crippen molar-refractivity contribution in [1.29, 1.82) is 0 Å². The van der Waals surface area contributed by atoms with Gasteiger partial charge in [0.2, 0.25) is 0 Å². The molecule has 1 aliphatic carbocycles. The van der Waals surface area contributed by atoms with E-state index in [1.165, 1.54) is 16.2 Å². The molecule has 0 bridgehead atoms. The zero-order valence-corrected chi connectivity index (χ0v) is 20.0. The van der Waals surface area contributed by atoms with Crippen molar-refractivity contribution in [3.63, 3.8) is 0 Å². The first-order valence-corrected chi connectivity index (χ1v) is 12.5. The van der Waals surface area contributed by atoms with Gasteiger partial charge in [-0.05, 0) is 31.1 Å². The number of aromatic nitrogens is 5. The number of alkyl halides is 2. The average molecular weight is 512 g/mol. The van der Waals surface area contributed by atoms with E-state index < -0.39 is 5.92 Å². The highest BCUT2D eigenvalue weighted by Gasteiger charge is 2.36. The first kappa shape index (κ1) is 22.7. The molecule has 0 unspecified atom stereocenters. The second-order valence-corrected chi connectivity index (χ2v) is 10.3. The molecule has 9 nitrogen and oxygen atoms in total. The molecular weight excluding hydrogens is 488 g/mol. The lowest BCUT2D eigenvalue weighted by molar-refractivity contribution is -0.0493. The number of nitrogens with one attached hydrogen (secondary N) is 3. The van der Waals surface area contributed by atoms with E-state index in [1.807, 2.05) is 12.1 Å². The van der Waals surface area contributed by atoms with Gasteiger partial charge in [0.15, 0.2) is 5.65 Å². The molecule has 1 aliphatic heterocycles. The molecule has 1 saturated heterocycles. The summed E-state index contributed by atoms with van der Waals surface area (Å²) in [6, 6.07) is 5.81. The number of aromatic amines is 2. The van der Waals surface area contributed by atoms with Gasteiger partial charge in [-0.15, -0.1) is 11.3 Å². The van der Waals surface area contributed by atoms with Crippen molar-refractivity contribution in [2.75, 3.05) is 18.4 Å². The lowest BCUT2D eigenvalue weighted by Crippen LogP contribution is -2.42. The van der Waals surface area contributed by atoms with Crippen LogP contribution in [-0.4, -0.2) is 60.4 Å². The molecule has 12 heteroatoms. The Morgan fingerprint density at radius 3 is 2.72 bits per heavy atom. The van der Waals surface area contributed by atoms with Gasteiger partial charge in [0.1, 0.15) is 5.82 Å². The third-order valence-electron chi connectivity index (χ3n) is 6.42. The van der Waals surface area contributed by atoms with Crippen molar-refractivity contribution < 1.29 is 13.6 Å². The van der Waals surface area contributed by atoms with Gasteiger partial charge in [-0.2, -0.15) is 9.61 Å². The Labute approximate surface area is 207 Å². The van der Waals surface area contributed by atoms with Crippen LogP contribution in [-0.2, 0) is 0 Å². The maximum absolute atomic E-state index is 13.5. The normalized spacial score (nSPS) is 18.2. The molecule has 0 atom stereocenters. The van der Waals surface area contributed by atoms with Crippen LogP contribution in [0, 0.1) is 0 Å². The van der Waals surface area contributed by atoms with Crippen LogP contribution in [0.15, 0.2) is 29.2 Å². The number of amides is 1. The molecule has 6 rings (SSSR count). The minimum Gasteiger partial charge on any atom is -0.367 e. The van der Waals surface area contributed by atoms with Crippen LogP contribution in [0.5, 0.6) is 0 Å². The van der Waals surface area contributed by atoms with Crippen LogP contribution in [0.25, 0.3) is 28.9 Å². The summed E-state index contributed by atoms with van der Waals surface area (Å²) in [7, 11) is 0. The minimum absolute atomic E-state index is 0.0449. The molecule has 186 valence electrons. The molecule has 0 radical (unpaired) electrons. The van der Waals surface area contributed by atoms with Gasteiger partial charge in [0.05, 0.1) is 32.3 Å². The number of carbonyl (C=O) groups is 1. The van der Waals surface area contributed by atoms with Crippen molar-refractivity contribution in [3.05, 3.63) is 56.0 Å². The SMILES string of the molecule is C=c1[nH]c(=O)[nH]/c1=C\c1cnn2c(NC3CC3)cc(-c3ccc(C(=O)N4CCC(F)(F)CC4)s3)nc12. The van der Waals surface area contributed by atoms with Crippen LogP contribution in [0.2, 0.25) is 0 Å². The van der Waals surface area contributed by atoms with Gasteiger partial charge in [-0.25, -0.2) is 18.6 Å². The number of hydrogen-bond donors (Lipinski definition) is 3. The number of fused-ring (bicyclic) bond motifs is 1. The van der Waals surface area contributed by atoms with Gasteiger partial charge < -0.3 is 20.2 Å². The Kier molecular flexibility index (Phi) is 5.29. The standard InChI is InChI=1S/C24H23F2N7O2S/c1-13-16(31-23(35)28-13)10-14-12-27-33-20(29-15-2-3-15)11-17(30-21(14)33)18-4-5-19(36-18)22(34)32-8-6-24(25,26)7-9-32/h4-5,10-12,15,29H,1-3,6-9H2,(H2,28,31,35)/b16-10-. The number of halogens is 2. The smallest absolute Gasteiger partial charge is 0.323 e. The summed E-state index contributed by atoms with van der Waals surface area (Å²) in [6.45, 7) is 3.93. The second kappa shape index (κ2) is 8.40. The van der Waals surface area contributed by atoms with E-state index in [0.29, 0.717) is 38.5 Å². The number of carbonyl (C=O) groups excluding carboxylic acids is 1. The van der Waals surface area contributed by atoms with E-state index >= 15 is 0 Å². The summed E-state index contributed by atoms with van der Waals surface area (Å²) in [5.74, 6) is -2.17. The Morgan fingerprint density at radius 1 is 1.25 bits per heavy atom. The number of thiophene rings is 1. The lowest BCUT2D eigenvalue weighted by atomic mass is 10.1. The first-order chi connectivity index (χ1) is 17.3. The van der Waals surface area contributed by atoms with Crippen molar-refractivity contribution in [3.8, 4) is 10.6 Å². The van der Waals surface area contributed by atoms with Gasteiger partial charge in [-0.3, -0.25) is 4.79 Å². The molecule has 4 aromatic heterocycles. The monoisotopic (exact) mass is 511 g/mol. The van der Waals surface area contributed by atoms with Crippen LogP contribution in [0.4, 0.5) is 14.6 Å². The summed E-state index contributed by atoms with van der Waals surface area (Å²) in [4.78, 5) is 37.5. The molecule has 1 saturated carbocycles. The van der Waals surface area contributed by atoms with Gasteiger partial charge >= 0.3 is 5.69 Å². The highest BCUT2D eigenvalue weighted by molar-refractivity contribution is 7.17. The number of piperidine rings is 1. The van der Waals surface area contributed by atoms with E-state index in [2.05, 4.69) is 27.0 Å². The van der Waals surface area contributed by atoms with Gasteiger partial charge in [0, 0.05) is 43.6 Å². The molecule has 5 heterocycles. The molecular formula is C24H23F2N7O2S. The molecule has 4 aromatic rings. The number of H-pyrrole nitrogens is 2. The van der Waals surface area contributed by atoms with Crippen LogP contribution in [0.1, 0.15) is 40.9 Å². The fourth-order valence-corrected chi connectivity index (χ4v) is 5.18. The number of likely N-dealkylation sites (tertiary alicyclic amines) is 1. The Morgan fingerprint density at radius 2 is 2.03 bits per heavy atom. The molecule has 3 N–H and O–H groups in total. The number of hydrogen-bond acceptors (Lipinski definition) is 6. The van der Waals surface area contributed by atoms with Crippen molar-refractivity contribution >= 4 is 41.4 Å². The quantitative estimate of drug-likeness (QED) is 0.380. The largest absolute Gasteiger partial charge is 0.367 e. The van der Waals surface area contributed by atoms with E-state index in [4.69, 9.17) is 4.98 Å². The van der Waals surface area contributed by atoms with E-state index in [0.717, 1.165) is 23.5 Å². The second-order valence-electron chi connectivity index (χ2n) is 9.21. The van der Waals surface area contributed by atoms with Crippen molar-refractivity contribution in [2.45, 2.75) is 37.6 Å². The number of nitrogens with zero attached hydrogens (tertiary/aromatic N) is 4. The Balaban J connectivity index is 1.38. The lowest BCUT2D eigenvalue weighted by Gasteiger charge is -2.31. The summed E-state index contributed by atoms with van der Waals surface area (Å²) in [5, 5.41) is 8.97. The maximum Gasteiger partial charge on any atom is 0.323 e. The molecule has 0 spiro atoms. The molecule has 36 heavy (non-hydrogen) atoms. The summed E-state index contributed by atoms with van der Waals surface area (Å²) in [5.41, 5.74) is 1.59. The summed E-state index contributed by atoms with van der Waals surface area (Å²) >= 11 is 1.29. The number of anilines is 1. The van der Waals surface area contributed by atoms with Gasteiger partial charge in [-0.1, -0.05) is 6.58 Å². The van der Waals surface area contributed by atoms with Crippen LogP contribution >= 0.6 is 11.3 Å². The third-order valence-corrected chi connectivity index (χ3v) is 7.51. The molecule has 0 aromatic carbocycles. The number of rotatable bonds is 5. The molecule has 2 aliphatic rings. The number of imidazole rings is 1. The highest BCUT2D eigenvalue weighted by Crippen LogP contribution is 2.34. The summed E-state index contributed by atoms with van der Waals surface area (Å²) < 4.78 is 28.7. The zero-order valence-electron chi connectivity index (χ0n) is 19.2. The van der Waals surface area contributed by atoms with Crippen molar-refractivity contribution in [1.82, 2.24) is 29.5 Å². The van der Waals surface area contributed by atoms with Crippen LogP contribution < -0.4 is 21.7 Å².